The molecule has 15 heavy (non-hydrogen) atoms. The fraction of sp³-hybridized carbons (Fsp3) is 0.846. The number of hydrogen-bond acceptors (Lipinski definition) is 1. The highest BCUT2D eigenvalue weighted by Gasteiger charge is 2.70. The first kappa shape index (κ1) is 10.3. The number of hydrogen-bond donors (Lipinski definition) is 0. The Labute approximate surface area is 100 Å². The topological polar surface area (TPSA) is 12.5 Å². The van der Waals surface area contributed by atoms with Gasteiger partial charge in [-0.05, 0) is 49.9 Å². The Balaban J connectivity index is 1.98. The molecule has 1 aliphatic heterocycles. The number of epoxide rings is 1. The quantitative estimate of drug-likeness (QED) is 0.606. The van der Waals surface area contributed by atoms with E-state index in [0.717, 1.165) is 5.92 Å². The first-order chi connectivity index (χ1) is 7.14. The van der Waals surface area contributed by atoms with Crippen molar-refractivity contribution in [1.82, 2.24) is 0 Å². The molecule has 0 aromatic carbocycles. The Morgan fingerprint density at radius 2 is 2.20 bits per heavy atom. The van der Waals surface area contributed by atoms with Gasteiger partial charge in [-0.15, -0.1) is 0 Å². The SMILES string of the molecule is C[C@@H]1O[C@@]12CCC1/C(=C/Br)CCC[C@@]12C. The van der Waals surface area contributed by atoms with Crippen molar-refractivity contribution in [2.45, 2.75) is 57.7 Å². The molecule has 3 rings (SSSR count). The number of rotatable bonds is 0. The van der Waals surface area contributed by atoms with Crippen LogP contribution in [-0.2, 0) is 4.74 Å². The Kier molecular flexibility index (Phi) is 2.14. The molecule has 0 radical (unpaired) electrons. The summed E-state index contributed by atoms with van der Waals surface area (Å²) in [4.78, 5) is 2.18. The van der Waals surface area contributed by atoms with E-state index in [1.165, 1.54) is 32.1 Å². The lowest BCUT2D eigenvalue weighted by molar-refractivity contribution is 0.0946. The lowest BCUT2D eigenvalue weighted by Gasteiger charge is -2.41. The summed E-state index contributed by atoms with van der Waals surface area (Å²) in [6, 6.07) is 0. The highest BCUT2D eigenvalue weighted by molar-refractivity contribution is 9.11. The Bertz CT molecular complexity index is 324. The molecule has 0 aromatic rings. The van der Waals surface area contributed by atoms with Crippen LogP contribution in [0.15, 0.2) is 10.6 Å². The molecule has 2 heteroatoms. The summed E-state index contributed by atoms with van der Waals surface area (Å²) in [5.41, 5.74) is 2.30. The lowest BCUT2D eigenvalue weighted by Crippen LogP contribution is -2.39. The molecular weight excluding hydrogens is 252 g/mol. The van der Waals surface area contributed by atoms with Gasteiger partial charge in [-0.3, -0.25) is 0 Å². The van der Waals surface area contributed by atoms with Gasteiger partial charge in [-0.2, -0.15) is 0 Å². The van der Waals surface area contributed by atoms with Crippen molar-refractivity contribution in [2.75, 3.05) is 0 Å². The van der Waals surface area contributed by atoms with E-state index in [-0.39, 0.29) is 5.60 Å². The second kappa shape index (κ2) is 3.10. The third kappa shape index (κ3) is 1.13. The van der Waals surface area contributed by atoms with Crippen LogP contribution in [-0.4, -0.2) is 11.7 Å². The fourth-order valence-electron chi connectivity index (χ4n) is 4.35. The monoisotopic (exact) mass is 270 g/mol. The van der Waals surface area contributed by atoms with Crippen LogP contribution < -0.4 is 0 Å². The van der Waals surface area contributed by atoms with Crippen LogP contribution in [0, 0.1) is 11.3 Å². The molecule has 1 saturated heterocycles. The average Bonchev–Trinajstić information content (AvgIpc) is 2.78. The van der Waals surface area contributed by atoms with Gasteiger partial charge in [0.2, 0.25) is 0 Å². The molecule has 4 atom stereocenters. The molecule has 0 N–H and O–H groups in total. The van der Waals surface area contributed by atoms with Crippen molar-refractivity contribution >= 4 is 15.9 Å². The largest absolute Gasteiger partial charge is 0.366 e. The normalized spacial score (nSPS) is 56.1. The van der Waals surface area contributed by atoms with E-state index in [1.807, 2.05) is 0 Å². The molecule has 0 amide bonds. The van der Waals surface area contributed by atoms with Crippen molar-refractivity contribution in [3.8, 4) is 0 Å². The van der Waals surface area contributed by atoms with E-state index in [4.69, 9.17) is 4.74 Å². The summed E-state index contributed by atoms with van der Waals surface area (Å²) in [5, 5.41) is 0. The molecule has 1 nitrogen and oxygen atoms in total. The van der Waals surface area contributed by atoms with Gasteiger partial charge in [0, 0.05) is 5.41 Å². The van der Waals surface area contributed by atoms with Crippen molar-refractivity contribution in [1.29, 1.82) is 0 Å². The summed E-state index contributed by atoms with van der Waals surface area (Å²) >= 11 is 3.54. The zero-order valence-corrected chi connectivity index (χ0v) is 11.1. The predicted octanol–water partition coefficient (Wildman–Crippen LogP) is 4.02. The highest BCUT2D eigenvalue weighted by atomic mass is 79.9. The third-order valence-corrected chi connectivity index (χ3v) is 5.86. The van der Waals surface area contributed by atoms with Gasteiger partial charge in [-0.1, -0.05) is 28.4 Å². The molecule has 3 fully saturated rings. The zero-order chi connectivity index (χ0) is 10.7. The van der Waals surface area contributed by atoms with Crippen molar-refractivity contribution in [2.24, 2.45) is 11.3 Å². The standard InChI is InChI=1S/C13H19BrO/c1-9-13(15-9)7-5-11-10(8-14)4-3-6-12(11,13)2/h8-9,11H,3-7H2,1-2H3/b10-8+/t9-,11?,12-,13-/m0/s1. The summed E-state index contributed by atoms with van der Waals surface area (Å²) in [7, 11) is 0. The highest BCUT2D eigenvalue weighted by Crippen LogP contribution is 2.68. The molecule has 0 aromatic heterocycles. The maximum Gasteiger partial charge on any atom is 0.100 e. The second-order valence-corrected chi connectivity index (χ2v) is 6.15. The number of fused-ring (bicyclic) bond motifs is 2. The second-order valence-electron chi connectivity index (χ2n) is 5.70. The maximum atomic E-state index is 5.99. The molecule has 2 saturated carbocycles. The molecule has 1 heterocycles. The van der Waals surface area contributed by atoms with E-state index in [2.05, 4.69) is 34.8 Å². The number of ether oxygens (including phenoxy) is 1. The van der Waals surface area contributed by atoms with Crippen molar-refractivity contribution in [3.63, 3.8) is 0 Å². The van der Waals surface area contributed by atoms with E-state index in [1.54, 1.807) is 5.57 Å². The van der Waals surface area contributed by atoms with E-state index >= 15 is 0 Å². The van der Waals surface area contributed by atoms with Crippen LogP contribution in [0.5, 0.6) is 0 Å². The summed E-state index contributed by atoms with van der Waals surface area (Å²) in [5.74, 6) is 0.774. The Morgan fingerprint density at radius 3 is 2.80 bits per heavy atom. The number of allylic oxidation sites excluding steroid dienone is 1. The van der Waals surface area contributed by atoms with Gasteiger partial charge in [0.25, 0.3) is 0 Å². The number of halogens is 1. The van der Waals surface area contributed by atoms with Gasteiger partial charge in [0.05, 0.1) is 6.10 Å². The van der Waals surface area contributed by atoms with Crippen molar-refractivity contribution in [3.05, 3.63) is 10.6 Å². The van der Waals surface area contributed by atoms with Crippen LogP contribution in [0.4, 0.5) is 0 Å². The first-order valence-electron chi connectivity index (χ1n) is 6.11. The Morgan fingerprint density at radius 1 is 1.47 bits per heavy atom. The molecular formula is C13H19BrO. The summed E-state index contributed by atoms with van der Waals surface area (Å²) < 4.78 is 5.99. The van der Waals surface area contributed by atoms with E-state index in [0.29, 0.717) is 11.5 Å². The van der Waals surface area contributed by atoms with Crippen LogP contribution in [0.25, 0.3) is 0 Å². The maximum absolute atomic E-state index is 5.99. The average molecular weight is 271 g/mol. The van der Waals surface area contributed by atoms with Crippen LogP contribution >= 0.6 is 15.9 Å². The molecule has 1 unspecified atom stereocenters. The minimum Gasteiger partial charge on any atom is -0.366 e. The van der Waals surface area contributed by atoms with Crippen molar-refractivity contribution < 1.29 is 4.74 Å². The van der Waals surface area contributed by atoms with Crippen LogP contribution in [0.3, 0.4) is 0 Å². The minimum absolute atomic E-state index is 0.249. The molecule has 1 spiro atoms. The van der Waals surface area contributed by atoms with Gasteiger partial charge in [-0.25, -0.2) is 0 Å². The first-order valence-corrected chi connectivity index (χ1v) is 7.02. The molecule has 84 valence electrons. The fourth-order valence-corrected chi connectivity index (χ4v) is 4.89. The minimum atomic E-state index is 0.249. The van der Waals surface area contributed by atoms with Gasteiger partial charge >= 0.3 is 0 Å². The van der Waals surface area contributed by atoms with Gasteiger partial charge in [0.1, 0.15) is 5.60 Å². The lowest BCUT2D eigenvalue weighted by atomic mass is 9.63. The molecule has 2 aliphatic carbocycles. The van der Waals surface area contributed by atoms with E-state index < -0.39 is 0 Å². The van der Waals surface area contributed by atoms with Crippen LogP contribution in [0.2, 0.25) is 0 Å². The summed E-state index contributed by atoms with van der Waals surface area (Å²) in [6.45, 7) is 4.71. The summed E-state index contributed by atoms with van der Waals surface area (Å²) in [6.07, 6.45) is 7.09. The van der Waals surface area contributed by atoms with E-state index in [9.17, 15) is 0 Å². The Hall–Kier alpha value is 0.180. The third-order valence-electron chi connectivity index (χ3n) is 5.28. The zero-order valence-electron chi connectivity index (χ0n) is 9.55. The van der Waals surface area contributed by atoms with Crippen LogP contribution in [0.1, 0.15) is 46.0 Å². The van der Waals surface area contributed by atoms with Gasteiger partial charge < -0.3 is 4.74 Å². The molecule has 0 bridgehead atoms. The molecule has 3 aliphatic rings. The van der Waals surface area contributed by atoms with Gasteiger partial charge in [0.15, 0.2) is 0 Å². The predicted molar refractivity (Wildman–Crippen MR) is 65.0 cm³/mol. The smallest absolute Gasteiger partial charge is 0.100 e.